The zero-order valence-electron chi connectivity index (χ0n) is 16.6. The van der Waals surface area contributed by atoms with Crippen LogP contribution in [0.3, 0.4) is 0 Å². The van der Waals surface area contributed by atoms with Gasteiger partial charge in [0.25, 0.3) is 0 Å². The van der Waals surface area contributed by atoms with Crippen LogP contribution in [0.4, 0.5) is 0 Å². The smallest absolute Gasteiger partial charge is 0.226 e. The molecule has 0 spiro atoms. The van der Waals surface area contributed by atoms with Gasteiger partial charge in [0.05, 0.1) is 0 Å². The minimum atomic E-state index is -0.0910. The van der Waals surface area contributed by atoms with Gasteiger partial charge in [-0.25, -0.2) is 0 Å². The Hall–Kier alpha value is -1.10. The zero-order chi connectivity index (χ0) is 18.4. The molecule has 5 heteroatoms. The number of hydrogen-bond acceptors (Lipinski definition) is 3. The Morgan fingerprint density at radius 3 is 2.19 bits per heavy atom. The maximum atomic E-state index is 13.0. The van der Waals surface area contributed by atoms with E-state index in [1.54, 1.807) is 0 Å². The van der Waals surface area contributed by atoms with Gasteiger partial charge in [0.1, 0.15) is 0 Å². The average Bonchev–Trinajstić information content (AvgIpc) is 3.32. The maximum absolute atomic E-state index is 13.0. The van der Waals surface area contributed by atoms with Crippen LogP contribution in [0.1, 0.15) is 64.2 Å². The largest absolute Gasteiger partial charge is 0.355 e. The molecule has 0 radical (unpaired) electrons. The number of nitrogens with zero attached hydrogens (tertiary/aromatic N) is 2. The number of amides is 2. The third kappa shape index (κ3) is 3.41. The molecule has 6 rings (SSSR count). The Morgan fingerprint density at radius 2 is 1.56 bits per heavy atom. The Labute approximate surface area is 163 Å². The summed E-state index contributed by atoms with van der Waals surface area (Å²) in [6.45, 7) is 4.70. The molecule has 4 aliphatic carbocycles. The lowest BCUT2D eigenvalue weighted by Crippen LogP contribution is -2.53. The Balaban J connectivity index is 1.09. The van der Waals surface area contributed by atoms with E-state index in [9.17, 15) is 9.59 Å². The molecule has 150 valence electrons. The second-order valence-corrected chi connectivity index (χ2v) is 10.2. The van der Waals surface area contributed by atoms with Gasteiger partial charge in [-0.2, -0.15) is 0 Å². The SMILES string of the molecule is O=C(CCNC(=O)C12CC3CC(CC(C3)C1)C2)N1CCC(N2CCCC2)C1. The molecule has 0 aromatic carbocycles. The fourth-order valence-corrected chi connectivity index (χ4v) is 7.39. The number of carbonyl (C=O) groups is 2. The van der Waals surface area contributed by atoms with Gasteiger partial charge in [-0.15, -0.1) is 0 Å². The first-order chi connectivity index (χ1) is 13.1. The first-order valence-electron chi connectivity index (χ1n) is 11.4. The number of carbonyl (C=O) groups excluding carboxylic acids is 2. The standard InChI is InChI=1S/C22H35N3O2/c26-20(25-8-4-19(15-25)24-6-1-2-7-24)3-5-23-21(27)22-12-16-9-17(13-22)11-18(10-16)14-22/h16-19H,1-15H2,(H,23,27). The molecule has 4 saturated carbocycles. The molecule has 6 fully saturated rings. The van der Waals surface area contributed by atoms with Crippen molar-refractivity contribution in [3.8, 4) is 0 Å². The summed E-state index contributed by atoms with van der Waals surface area (Å²) >= 11 is 0. The summed E-state index contributed by atoms with van der Waals surface area (Å²) in [5, 5.41) is 3.16. The van der Waals surface area contributed by atoms with Gasteiger partial charge in [-0.3, -0.25) is 14.5 Å². The number of rotatable bonds is 5. The first kappa shape index (κ1) is 18.0. The van der Waals surface area contributed by atoms with Gasteiger partial charge >= 0.3 is 0 Å². The molecule has 27 heavy (non-hydrogen) atoms. The molecule has 1 atom stereocenters. The quantitative estimate of drug-likeness (QED) is 0.805. The van der Waals surface area contributed by atoms with Crippen LogP contribution >= 0.6 is 0 Å². The molecule has 2 heterocycles. The molecule has 2 saturated heterocycles. The first-order valence-corrected chi connectivity index (χ1v) is 11.4. The fraction of sp³-hybridized carbons (Fsp3) is 0.909. The van der Waals surface area contributed by atoms with Gasteiger partial charge in [-0.05, 0) is 88.6 Å². The van der Waals surface area contributed by atoms with E-state index in [-0.39, 0.29) is 17.2 Å². The Morgan fingerprint density at radius 1 is 0.926 bits per heavy atom. The third-order valence-corrected chi connectivity index (χ3v) is 8.32. The van der Waals surface area contributed by atoms with Crippen LogP contribution in [0.2, 0.25) is 0 Å². The van der Waals surface area contributed by atoms with Crippen molar-refractivity contribution >= 4 is 11.8 Å². The van der Waals surface area contributed by atoms with Crippen molar-refractivity contribution in [1.29, 1.82) is 0 Å². The van der Waals surface area contributed by atoms with Gasteiger partial charge in [0.15, 0.2) is 0 Å². The van der Waals surface area contributed by atoms with Crippen molar-refractivity contribution in [3.63, 3.8) is 0 Å². The van der Waals surface area contributed by atoms with E-state index in [1.807, 2.05) is 4.90 Å². The van der Waals surface area contributed by atoms with E-state index in [0.29, 0.717) is 19.0 Å². The van der Waals surface area contributed by atoms with E-state index in [0.717, 1.165) is 56.5 Å². The fourth-order valence-electron chi connectivity index (χ4n) is 7.39. The number of nitrogens with one attached hydrogen (secondary N) is 1. The molecule has 0 aromatic heterocycles. The monoisotopic (exact) mass is 373 g/mol. The third-order valence-electron chi connectivity index (χ3n) is 8.32. The van der Waals surface area contributed by atoms with Gasteiger partial charge < -0.3 is 10.2 Å². The Kier molecular flexibility index (Phi) is 4.69. The number of hydrogen-bond donors (Lipinski definition) is 1. The van der Waals surface area contributed by atoms with Crippen LogP contribution in [-0.4, -0.2) is 60.4 Å². The van der Waals surface area contributed by atoms with Crippen molar-refractivity contribution < 1.29 is 9.59 Å². The summed E-state index contributed by atoms with van der Waals surface area (Å²) in [4.78, 5) is 30.2. The lowest BCUT2D eigenvalue weighted by atomic mass is 9.49. The van der Waals surface area contributed by atoms with Gasteiger partial charge in [0, 0.05) is 37.5 Å². The summed E-state index contributed by atoms with van der Waals surface area (Å²) < 4.78 is 0. The highest BCUT2D eigenvalue weighted by Gasteiger charge is 2.54. The molecule has 1 N–H and O–H groups in total. The highest BCUT2D eigenvalue weighted by Crippen LogP contribution is 2.60. The molecule has 5 nitrogen and oxygen atoms in total. The molecule has 6 aliphatic rings. The van der Waals surface area contributed by atoms with Crippen molar-refractivity contribution in [2.24, 2.45) is 23.2 Å². The summed E-state index contributed by atoms with van der Waals surface area (Å²) in [5.41, 5.74) is -0.0910. The maximum Gasteiger partial charge on any atom is 0.226 e. The predicted molar refractivity (Wildman–Crippen MR) is 104 cm³/mol. The topological polar surface area (TPSA) is 52.7 Å². The minimum absolute atomic E-state index is 0.0910. The average molecular weight is 374 g/mol. The van der Waals surface area contributed by atoms with Crippen LogP contribution in [-0.2, 0) is 9.59 Å². The lowest BCUT2D eigenvalue weighted by Gasteiger charge is -2.55. The molecule has 0 aromatic rings. The number of likely N-dealkylation sites (tertiary alicyclic amines) is 2. The van der Waals surface area contributed by atoms with Crippen LogP contribution < -0.4 is 5.32 Å². The van der Waals surface area contributed by atoms with Crippen LogP contribution in [0, 0.1) is 23.2 Å². The zero-order valence-corrected chi connectivity index (χ0v) is 16.6. The van der Waals surface area contributed by atoms with E-state index in [2.05, 4.69) is 10.2 Å². The molecular formula is C22H35N3O2. The van der Waals surface area contributed by atoms with Crippen LogP contribution in [0.15, 0.2) is 0 Å². The minimum Gasteiger partial charge on any atom is -0.355 e. The van der Waals surface area contributed by atoms with Crippen molar-refractivity contribution in [2.75, 3.05) is 32.7 Å². The van der Waals surface area contributed by atoms with Crippen molar-refractivity contribution in [1.82, 2.24) is 15.1 Å². The van der Waals surface area contributed by atoms with E-state index in [4.69, 9.17) is 0 Å². The molecule has 2 amide bonds. The molecule has 2 aliphatic heterocycles. The summed E-state index contributed by atoms with van der Waals surface area (Å²) in [7, 11) is 0. The normalized spacial score (nSPS) is 40.7. The lowest BCUT2D eigenvalue weighted by molar-refractivity contribution is -0.146. The van der Waals surface area contributed by atoms with Gasteiger partial charge in [-0.1, -0.05) is 0 Å². The van der Waals surface area contributed by atoms with Crippen LogP contribution in [0.5, 0.6) is 0 Å². The second-order valence-electron chi connectivity index (χ2n) is 10.2. The Bertz CT molecular complexity index is 563. The van der Waals surface area contributed by atoms with Gasteiger partial charge in [0.2, 0.25) is 11.8 Å². The second kappa shape index (κ2) is 7.06. The van der Waals surface area contributed by atoms with Crippen molar-refractivity contribution in [2.45, 2.75) is 70.3 Å². The van der Waals surface area contributed by atoms with Crippen molar-refractivity contribution in [3.05, 3.63) is 0 Å². The highest BCUT2D eigenvalue weighted by molar-refractivity contribution is 5.84. The summed E-state index contributed by atoms with van der Waals surface area (Å²) in [6.07, 6.45) is 11.6. The highest BCUT2D eigenvalue weighted by atomic mass is 16.2. The molecule has 1 unspecified atom stereocenters. The van der Waals surface area contributed by atoms with Crippen LogP contribution in [0.25, 0.3) is 0 Å². The predicted octanol–water partition coefficient (Wildman–Crippen LogP) is 2.41. The molecule has 4 bridgehead atoms. The van der Waals surface area contributed by atoms with E-state index < -0.39 is 0 Å². The molecular weight excluding hydrogens is 338 g/mol. The van der Waals surface area contributed by atoms with E-state index in [1.165, 1.54) is 45.2 Å². The summed E-state index contributed by atoms with van der Waals surface area (Å²) in [5.74, 6) is 2.84. The summed E-state index contributed by atoms with van der Waals surface area (Å²) in [6, 6.07) is 0.568. The van der Waals surface area contributed by atoms with E-state index >= 15 is 0 Å².